The molecule has 0 bridgehead atoms. The first kappa shape index (κ1) is 33.7. The lowest BCUT2D eigenvalue weighted by Crippen LogP contribution is -2.61. The van der Waals surface area contributed by atoms with Gasteiger partial charge in [0.25, 0.3) is 6.71 Å². The summed E-state index contributed by atoms with van der Waals surface area (Å²) in [5.74, 6) is 0. The van der Waals surface area contributed by atoms with E-state index in [1.54, 1.807) is 0 Å². The zero-order valence-electron chi connectivity index (χ0n) is 33.6. The molecule has 0 saturated carbocycles. The summed E-state index contributed by atoms with van der Waals surface area (Å²) >= 11 is 0. The summed E-state index contributed by atoms with van der Waals surface area (Å²) in [6.07, 6.45) is 0. The molecule has 0 radical (unpaired) electrons. The molecule has 1 aromatic heterocycles. The van der Waals surface area contributed by atoms with Crippen LogP contribution in [0.3, 0.4) is 0 Å². The van der Waals surface area contributed by atoms with Crippen molar-refractivity contribution in [3.05, 3.63) is 212 Å². The Kier molecular flexibility index (Phi) is 6.92. The highest BCUT2D eigenvalue weighted by atomic mass is 16.3. The van der Waals surface area contributed by atoms with Crippen LogP contribution in [0.25, 0.3) is 76.2 Å². The molecule has 62 heavy (non-hydrogen) atoms. The van der Waals surface area contributed by atoms with Crippen LogP contribution >= 0.6 is 0 Å². The molecule has 0 spiro atoms. The molecule has 2 aliphatic heterocycles. The Hall–Kier alpha value is -8.08. The van der Waals surface area contributed by atoms with Crippen molar-refractivity contribution in [2.45, 2.75) is 0 Å². The number of furan rings is 1. The Balaban J connectivity index is 1.15. The summed E-state index contributed by atoms with van der Waals surface area (Å²) < 4.78 is 6.51. The second kappa shape index (κ2) is 12.7. The van der Waals surface area contributed by atoms with Gasteiger partial charge in [-0.2, -0.15) is 0 Å². The summed E-state index contributed by atoms with van der Waals surface area (Å²) in [6, 6.07) is 78.5. The van der Waals surface area contributed by atoms with Gasteiger partial charge in [0.2, 0.25) is 0 Å². The predicted molar refractivity (Wildman–Crippen MR) is 263 cm³/mol. The number of nitrogens with zero attached hydrogens (tertiary/aromatic N) is 2. The largest absolute Gasteiger partial charge is 0.456 e. The van der Waals surface area contributed by atoms with Crippen molar-refractivity contribution in [1.82, 2.24) is 0 Å². The van der Waals surface area contributed by atoms with E-state index in [0.29, 0.717) is 0 Å². The molecule has 3 nitrogen and oxygen atoms in total. The van der Waals surface area contributed by atoms with E-state index >= 15 is 0 Å². The highest BCUT2D eigenvalue weighted by Crippen LogP contribution is 2.48. The highest BCUT2D eigenvalue weighted by Gasteiger charge is 2.44. The molecule has 0 saturated heterocycles. The van der Waals surface area contributed by atoms with Gasteiger partial charge in [-0.3, -0.25) is 0 Å². The number of para-hydroxylation sites is 3. The van der Waals surface area contributed by atoms with E-state index in [9.17, 15) is 0 Å². The van der Waals surface area contributed by atoms with E-state index < -0.39 is 0 Å². The zero-order chi connectivity index (χ0) is 40.5. The Bertz CT molecular complexity index is 3650. The third-order valence-corrected chi connectivity index (χ3v) is 13.5. The maximum atomic E-state index is 6.51. The smallest absolute Gasteiger partial charge is 0.252 e. The van der Waals surface area contributed by atoms with E-state index in [2.05, 4.69) is 222 Å². The van der Waals surface area contributed by atoms with E-state index in [0.717, 1.165) is 44.4 Å². The molecule has 0 unspecified atom stereocenters. The molecule has 0 amide bonds. The van der Waals surface area contributed by atoms with Crippen molar-refractivity contribution in [2.75, 3.05) is 9.80 Å². The minimum atomic E-state index is -0.0451. The molecule has 0 atom stereocenters. The lowest BCUT2D eigenvalue weighted by molar-refractivity contribution is 0.669. The van der Waals surface area contributed by atoms with Crippen molar-refractivity contribution in [3.8, 4) is 11.1 Å². The molecule has 0 N–H and O–H groups in total. The summed E-state index contributed by atoms with van der Waals surface area (Å²) in [6.45, 7) is -0.0451. The molecular weight excluding hydrogens is 751 g/mol. The van der Waals surface area contributed by atoms with Crippen LogP contribution in [0.4, 0.5) is 34.1 Å². The quantitative estimate of drug-likeness (QED) is 0.131. The summed E-state index contributed by atoms with van der Waals surface area (Å²) in [5, 5.41) is 12.2. The molecule has 286 valence electrons. The van der Waals surface area contributed by atoms with E-state index in [1.165, 1.54) is 82.2 Å². The van der Waals surface area contributed by atoms with Crippen molar-refractivity contribution in [2.24, 2.45) is 0 Å². The average molecular weight is 787 g/mol. The van der Waals surface area contributed by atoms with Crippen LogP contribution in [0.5, 0.6) is 0 Å². The number of hydrogen-bond donors (Lipinski definition) is 0. The molecule has 14 rings (SSSR count). The van der Waals surface area contributed by atoms with Gasteiger partial charge >= 0.3 is 0 Å². The van der Waals surface area contributed by atoms with Crippen LogP contribution < -0.4 is 26.2 Å². The Labute approximate surface area is 358 Å². The summed E-state index contributed by atoms with van der Waals surface area (Å²) in [4.78, 5) is 5.05. The standard InChI is InChI=1S/C58H35BN2O/c1-3-18-45(19-4-1)60-51-32-42-28-38-16-9-7-14-36(38)26-40(42)30-49(51)59-50-31-41-27-37-15-8-10-17-39(37)29-43(41)33-52(50)61(46-20-5-2-6-21-46)54-35-44(34-53(60)58(54)59)47-23-13-25-56-57(47)48-22-11-12-24-55(48)62-56/h1-35H. The number of fused-ring (bicyclic) bond motifs is 11. The van der Waals surface area contributed by atoms with Crippen molar-refractivity contribution < 1.29 is 4.42 Å². The van der Waals surface area contributed by atoms with Crippen LogP contribution in [0, 0.1) is 0 Å². The van der Waals surface area contributed by atoms with Gasteiger partial charge < -0.3 is 14.2 Å². The van der Waals surface area contributed by atoms with Gasteiger partial charge in [-0.15, -0.1) is 0 Å². The predicted octanol–water partition coefficient (Wildman–Crippen LogP) is 13.9. The first-order chi connectivity index (χ1) is 30.7. The van der Waals surface area contributed by atoms with Gasteiger partial charge in [-0.25, -0.2) is 0 Å². The first-order valence-electron chi connectivity index (χ1n) is 21.4. The van der Waals surface area contributed by atoms with Crippen molar-refractivity contribution >= 4 is 122 Å². The van der Waals surface area contributed by atoms with Gasteiger partial charge in [0.15, 0.2) is 0 Å². The van der Waals surface area contributed by atoms with E-state index in [-0.39, 0.29) is 6.71 Å². The minimum absolute atomic E-state index is 0.0451. The lowest BCUT2D eigenvalue weighted by atomic mass is 9.33. The molecule has 0 fully saturated rings. The van der Waals surface area contributed by atoms with E-state index in [4.69, 9.17) is 4.42 Å². The molecule has 2 aliphatic rings. The van der Waals surface area contributed by atoms with Gasteiger partial charge in [0, 0.05) is 44.9 Å². The Morgan fingerprint density at radius 3 is 1.32 bits per heavy atom. The molecule has 4 heteroatoms. The highest BCUT2D eigenvalue weighted by molar-refractivity contribution is 7.00. The number of benzene rings is 11. The normalized spacial score (nSPS) is 13.1. The average Bonchev–Trinajstić information content (AvgIpc) is 3.71. The molecule has 0 aliphatic carbocycles. The van der Waals surface area contributed by atoms with Crippen molar-refractivity contribution in [3.63, 3.8) is 0 Å². The topological polar surface area (TPSA) is 19.6 Å². The molecule has 12 aromatic rings. The van der Waals surface area contributed by atoms with Crippen molar-refractivity contribution in [1.29, 1.82) is 0 Å². The fourth-order valence-corrected chi connectivity index (χ4v) is 10.8. The van der Waals surface area contributed by atoms with Gasteiger partial charge in [0.05, 0.1) is 0 Å². The number of anilines is 6. The third kappa shape index (κ3) is 4.83. The fraction of sp³-hybridized carbons (Fsp3) is 0. The summed E-state index contributed by atoms with van der Waals surface area (Å²) in [5.41, 5.74) is 15.0. The molecule has 11 aromatic carbocycles. The third-order valence-electron chi connectivity index (χ3n) is 13.5. The SMILES string of the molecule is c1ccc(N2c3cc4cc5ccccc5cc4cc3B3c4cc5cc6ccccc6cc5cc4N(c4ccccc4)c4cc(-c5cccc6oc7ccccc7c56)cc2c43)cc1. The van der Waals surface area contributed by atoms with Crippen LogP contribution in [0.2, 0.25) is 0 Å². The van der Waals surface area contributed by atoms with Gasteiger partial charge in [0.1, 0.15) is 11.2 Å². The second-order valence-electron chi connectivity index (χ2n) is 16.9. The van der Waals surface area contributed by atoms with Crippen LogP contribution in [0.1, 0.15) is 0 Å². The maximum Gasteiger partial charge on any atom is 0.252 e. The monoisotopic (exact) mass is 786 g/mol. The Morgan fingerprint density at radius 1 is 0.339 bits per heavy atom. The van der Waals surface area contributed by atoms with Gasteiger partial charge in [-0.05, 0) is 156 Å². The van der Waals surface area contributed by atoms with E-state index in [1.807, 2.05) is 0 Å². The lowest BCUT2D eigenvalue weighted by Gasteiger charge is -2.44. The minimum Gasteiger partial charge on any atom is -0.456 e. The number of rotatable bonds is 3. The molecular formula is C58H35BN2O. The van der Waals surface area contributed by atoms with Crippen LogP contribution in [-0.2, 0) is 0 Å². The van der Waals surface area contributed by atoms with Crippen LogP contribution in [0.15, 0.2) is 217 Å². The molecule has 3 heterocycles. The maximum absolute atomic E-state index is 6.51. The fourth-order valence-electron chi connectivity index (χ4n) is 10.8. The zero-order valence-corrected chi connectivity index (χ0v) is 33.6. The number of hydrogen-bond acceptors (Lipinski definition) is 3. The summed E-state index contributed by atoms with van der Waals surface area (Å²) in [7, 11) is 0. The van der Waals surface area contributed by atoms with Crippen LogP contribution in [-0.4, -0.2) is 6.71 Å². The van der Waals surface area contributed by atoms with Gasteiger partial charge in [-0.1, -0.05) is 127 Å². The first-order valence-corrected chi connectivity index (χ1v) is 21.4. The second-order valence-corrected chi connectivity index (χ2v) is 16.9. The Morgan fingerprint density at radius 2 is 0.790 bits per heavy atom.